The number of halogens is 4. The molecule has 1 saturated heterocycles. The molecule has 1 aliphatic rings. The van der Waals surface area contributed by atoms with Crippen LogP contribution in [0.15, 0.2) is 0 Å². The van der Waals surface area contributed by atoms with Crippen molar-refractivity contribution in [3.8, 4) is 0 Å². The number of rotatable bonds is 0. The summed E-state index contributed by atoms with van der Waals surface area (Å²) in [6, 6.07) is 0. The molecule has 0 aromatic carbocycles. The zero-order chi connectivity index (χ0) is 8.74. The van der Waals surface area contributed by atoms with Crippen LogP contribution in [0.25, 0.3) is 0 Å². The lowest BCUT2D eigenvalue weighted by Crippen LogP contribution is -2.24. The first-order valence-corrected chi connectivity index (χ1v) is 4.31. The van der Waals surface area contributed by atoms with Crippen LogP contribution in [0.1, 0.15) is 0 Å². The Labute approximate surface area is 67.0 Å². The zero-order valence-corrected chi connectivity index (χ0v) is 6.64. The second-order valence-electron chi connectivity index (χ2n) is 1.86. The summed E-state index contributed by atoms with van der Waals surface area (Å²) in [6.07, 6.45) is 0. The van der Waals surface area contributed by atoms with Gasteiger partial charge in [-0.05, 0) is 0 Å². The van der Waals surface area contributed by atoms with Crippen LogP contribution in [-0.4, -0.2) is 31.8 Å². The Kier molecular flexibility index (Phi) is 5.76. The van der Waals surface area contributed by atoms with Gasteiger partial charge in [0.25, 0.3) is 0 Å². The van der Waals surface area contributed by atoms with Gasteiger partial charge in [-0.3, -0.25) is 0 Å². The first-order valence-electron chi connectivity index (χ1n) is 3.16. The van der Waals surface area contributed by atoms with Crippen LogP contribution in [-0.2, 0) is 0 Å². The van der Waals surface area contributed by atoms with E-state index in [2.05, 4.69) is 5.32 Å². The van der Waals surface area contributed by atoms with Gasteiger partial charge in [-0.1, -0.05) is 0 Å². The standard InChI is InChI=1S/C4H9NS.BF4/c1-3-6-4-2-5-1;2-1(3,4)5/h5H,1-4H2;/q;-1. The van der Waals surface area contributed by atoms with E-state index in [0.29, 0.717) is 0 Å². The Morgan fingerprint density at radius 3 is 1.45 bits per heavy atom. The van der Waals surface area contributed by atoms with E-state index in [1.807, 2.05) is 11.8 Å². The Balaban J connectivity index is 0.000000187. The van der Waals surface area contributed by atoms with Crippen molar-refractivity contribution < 1.29 is 17.3 Å². The second-order valence-corrected chi connectivity index (χ2v) is 3.08. The van der Waals surface area contributed by atoms with Crippen LogP contribution >= 0.6 is 11.8 Å². The van der Waals surface area contributed by atoms with E-state index in [0.717, 1.165) is 0 Å². The largest absolute Gasteiger partial charge is 0.673 e. The van der Waals surface area contributed by atoms with Crippen molar-refractivity contribution in [3.05, 3.63) is 0 Å². The molecule has 7 heteroatoms. The summed E-state index contributed by atoms with van der Waals surface area (Å²) in [5, 5.41) is 3.26. The quantitative estimate of drug-likeness (QED) is 0.460. The van der Waals surface area contributed by atoms with Crippen molar-refractivity contribution in [1.82, 2.24) is 5.32 Å². The Morgan fingerprint density at radius 2 is 1.36 bits per heavy atom. The number of hydrogen-bond acceptors (Lipinski definition) is 2. The Bertz CT molecular complexity index is 77.1. The molecule has 0 saturated carbocycles. The summed E-state index contributed by atoms with van der Waals surface area (Å²) < 4.78 is 39.0. The summed E-state index contributed by atoms with van der Waals surface area (Å²) in [6.45, 7) is 2.43. The van der Waals surface area contributed by atoms with Crippen LogP contribution < -0.4 is 5.32 Å². The van der Waals surface area contributed by atoms with E-state index in [-0.39, 0.29) is 0 Å². The molecule has 0 amide bonds. The van der Waals surface area contributed by atoms with Gasteiger partial charge in [-0.15, -0.1) is 0 Å². The van der Waals surface area contributed by atoms with Gasteiger partial charge >= 0.3 is 7.25 Å². The molecule has 0 unspecified atom stereocenters. The minimum atomic E-state index is -6.00. The number of nitrogens with one attached hydrogen (secondary N) is 1. The van der Waals surface area contributed by atoms with Gasteiger partial charge in [0.1, 0.15) is 0 Å². The van der Waals surface area contributed by atoms with Crippen molar-refractivity contribution in [2.45, 2.75) is 0 Å². The van der Waals surface area contributed by atoms with E-state index < -0.39 is 7.25 Å². The molecule has 0 bridgehead atoms. The average Bonchev–Trinajstić information content (AvgIpc) is 1.88. The van der Waals surface area contributed by atoms with Gasteiger partial charge in [-0.2, -0.15) is 11.8 Å². The fourth-order valence-electron chi connectivity index (χ4n) is 0.516. The van der Waals surface area contributed by atoms with E-state index in [1.54, 1.807) is 0 Å². The maximum absolute atomic E-state index is 9.75. The SMILES string of the molecule is C1CSCCN1.F[B-](F)(F)F. The summed E-state index contributed by atoms with van der Waals surface area (Å²) in [5.74, 6) is 2.61. The van der Waals surface area contributed by atoms with Gasteiger partial charge in [0, 0.05) is 24.6 Å². The number of thioether (sulfide) groups is 1. The van der Waals surface area contributed by atoms with E-state index in [1.165, 1.54) is 24.6 Å². The number of hydrogen-bond donors (Lipinski definition) is 1. The molecule has 1 rings (SSSR count). The predicted octanol–water partition coefficient (Wildman–Crippen LogP) is 1.62. The smallest absolute Gasteiger partial charge is 0.418 e. The minimum Gasteiger partial charge on any atom is -0.418 e. The maximum Gasteiger partial charge on any atom is 0.673 e. The van der Waals surface area contributed by atoms with Gasteiger partial charge in [-0.25, -0.2) is 0 Å². The Hall–Kier alpha value is 0.0949. The van der Waals surface area contributed by atoms with Crippen molar-refractivity contribution in [3.63, 3.8) is 0 Å². The topological polar surface area (TPSA) is 12.0 Å². The zero-order valence-electron chi connectivity index (χ0n) is 5.83. The van der Waals surface area contributed by atoms with Crippen molar-refractivity contribution in [1.29, 1.82) is 0 Å². The third-order valence-corrected chi connectivity index (χ3v) is 1.83. The molecular weight excluding hydrogens is 181 g/mol. The van der Waals surface area contributed by atoms with Crippen molar-refractivity contribution in [2.24, 2.45) is 0 Å². The van der Waals surface area contributed by atoms with Crippen LogP contribution in [0.4, 0.5) is 17.3 Å². The van der Waals surface area contributed by atoms with Crippen molar-refractivity contribution in [2.75, 3.05) is 24.6 Å². The van der Waals surface area contributed by atoms with E-state index in [9.17, 15) is 17.3 Å². The highest BCUT2D eigenvalue weighted by molar-refractivity contribution is 7.99. The lowest BCUT2D eigenvalue weighted by molar-refractivity contribution is 0.368. The monoisotopic (exact) mass is 190 g/mol. The summed E-state index contributed by atoms with van der Waals surface area (Å²) >= 11 is 2.03. The van der Waals surface area contributed by atoms with Gasteiger partial charge < -0.3 is 22.6 Å². The molecule has 1 heterocycles. The molecule has 1 fully saturated rings. The third kappa shape index (κ3) is 17.8. The summed E-state index contributed by atoms with van der Waals surface area (Å²) in [4.78, 5) is 0. The lowest BCUT2D eigenvalue weighted by Gasteiger charge is -2.08. The fraction of sp³-hybridized carbons (Fsp3) is 1.00. The lowest BCUT2D eigenvalue weighted by atomic mass is 10.3. The highest BCUT2D eigenvalue weighted by atomic mass is 32.2. The first-order chi connectivity index (χ1) is 5.00. The highest BCUT2D eigenvalue weighted by Gasteiger charge is 2.20. The molecule has 0 aromatic rings. The van der Waals surface area contributed by atoms with Gasteiger partial charge in [0.15, 0.2) is 0 Å². The molecule has 0 aliphatic carbocycles. The fourth-order valence-corrected chi connectivity index (χ4v) is 1.30. The van der Waals surface area contributed by atoms with E-state index >= 15 is 0 Å². The van der Waals surface area contributed by atoms with Gasteiger partial charge in [0.2, 0.25) is 0 Å². The molecule has 1 aliphatic heterocycles. The van der Waals surface area contributed by atoms with Crippen LogP contribution in [0.5, 0.6) is 0 Å². The highest BCUT2D eigenvalue weighted by Crippen LogP contribution is 2.06. The van der Waals surface area contributed by atoms with E-state index in [4.69, 9.17) is 0 Å². The Morgan fingerprint density at radius 1 is 1.00 bits per heavy atom. The first kappa shape index (κ1) is 11.1. The van der Waals surface area contributed by atoms with Gasteiger partial charge in [0.05, 0.1) is 0 Å². The molecule has 11 heavy (non-hydrogen) atoms. The molecule has 0 atom stereocenters. The normalized spacial score (nSPS) is 18.5. The minimum absolute atomic E-state index is 1.21. The summed E-state index contributed by atoms with van der Waals surface area (Å²) in [7, 11) is -6.00. The molecule has 0 radical (unpaired) electrons. The molecule has 1 N–H and O–H groups in total. The second kappa shape index (κ2) is 5.71. The molecule has 0 spiro atoms. The molecule has 1 nitrogen and oxygen atoms in total. The molecule has 68 valence electrons. The maximum atomic E-state index is 9.75. The van der Waals surface area contributed by atoms with Crippen LogP contribution in [0.3, 0.4) is 0 Å². The third-order valence-electron chi connectivity index (χ3n) is 0.846. The van der Waals surface area contributed by atoms with Crippen LogP contribution in [0.2, 0.25) is 0 Å². The molecule has 0 aromatic heterocycles. The van der Waals surface area contributed by atoms with Crippen molar-refractivity contribution >= 4 is 19.0 Å². The average molecular weight is 190 g/mol. The summed E-state index contributed by atoms with van der Waals surface area (Å²) in [5.41, 5.74) is 0. The predicted molar refractivity (Wildman–Crippen MR) is 40.4 cm³/mol. The molecular formula is C4H9BF4NS-. The van der Waals surface area contributed by atoms with Crippen LogP contribution in [0, 0.1) is 0 Å².